The zero-order chi connectivity index (χ0) is 10.3. The van der Waals surface area contributed by atoms with Gasteiger partial charge in [0.05, 0.1) is 13.2 Å². The lowest BCUT2D eigenvalue weighted by atomic mass is 9.60. The average molecular weight is 210 g/mol. The second-order valence-corrected chi connectivity index (χ2v) is 5.66. The maximum absolute atomic E-state index is 5.53. The van der Waals surface area contributed by atoms with Gasteiger partial charge in [-0.2, -0.15) is 0 Å². The van der Waals surface area contributed by atoms with Crippen LogP contribution in [-0.4, -0.2) is 51.3 Å². The lowest BCUT2D eigenvalue weighted by molar-refractivity contribution is -0.194. The van der Waals surface area contributed by atoms with E-state index >= 15 is 0 Å². The molecule has 0 bridgehead atoms. The molecule has 0 radical (unpaired) electrons. The molecule has 3 nitrogen and oxygen atoms in total. The molecule has 0 amide bonds. The Morgan fingerprint density at radius 3 is 2.20 bits per heavy atom. The van der Waals surface area contributed by atoms with Crippen molar-refractivity contribution in [2.45, 2.75) is 12.8 Å². The van der Waals surface area contributed by atoms with Crippen LogP contribution in [0.5, 0.6) is 0 Å². The van der Waals surface area contributed by atoms with E-state index in [2.05, 4.69) is 17.3 Å². The highest BCUT2D eigenvalue weighted by molar-refractivity contribution is 5.02. The van der Waals surface area contributed by atoms with E-state index in [0.717, 1.165) is 25.0 Å². The molecule has 0 unspecified atom stereocenters. The van der Waals surface area contributed by atoms with Crippen LogP contribution in [0, 0.1) is 17.3 Å². The highest BCUT2D eigenvalue weighted by atomic mass is 16.5. The van der Waals surface area contributed by atoms with Crippen molar-refractivity contribution in [2.24, 2.45) is 17.3 Å². The van der Waals surface area contributed by atoms with Gasteiger partial charge < -0.3 is 15.0 Å². The third-order valence-electron chi connectivity index (χ3n) is 4.87. The minimum Gasteiger partial charge on any atom is -0.380 e. The van der Waals surface area contributed by atoms with Crippen molar-refractivity contribution in [1.82, 2.24) is 10.2 Å². The molecule has 3 fully saturated rings. The summed E-state index contributed by atoms with van der Waals surface area (Å²) in [7, 11) is 2.24. The van der Waals surface area contributed by atoms with Gasteiger partial charge >= 0.3 is 0 Å². The number of rotatable bonds is 2. The van der Waals surface area contributed by atoms with E-state index in [1.54, 1.807) is 0 Å². The molecule has 3 heterocycles. The van der Waals surface area contributed by atoms with Gasteiger partial charge in [-0.15, -0.1) is 0 Å². The van der Waals surface area contributed by atoms with Crippen molar-refractivity contribution in [2.75, 3.05) is 46.4 Å². The Hall–Kier alpha value is -0.120. The quantitative estimate of drug-likeness (QED) is 0.721. The number of hydrogen-bond donors (Lipinski definition) is 1. The van der Waals surface area contributed by atoms with Crippen molar-refractivity contribution in [3.63, 3.8) is 0 Å². The van der Waals surface area contributed by atoms with Crippen LogP contribution < -0.4 is 5.32 Å². The SMILES string of the molecule is CN1CCC(C2(C3CNC3)COC2)CC1. The number of nitrogens with zero attached hydrogens (tertiary/aromatic N) is 1. The number of nitrogens with one attached hydrogen (secondary N) is 1. The molecule has 3 heteroatoms. The molecule has 3 rings (SSSR count). The van der Waals surface area contributed by atoms with E-state index in [1.807, 2.05) is 0 Å². The summed E-state index contributed by atoms with van der Waals surface area (Å²) >= 11 is 0. The van der Waals surface area contributed by atoms with Crippen molar-refractivity contribution < 1.29 is 4.74 Å². The Labute approximate surface area is 92.2 Å². The zero-order valence-electron chi connectivity index (χ0n) is 9.67. The second-order valence-electron chi connectivity index (χ2n) is 5.66. The lowest BCUT2D eigenvalue weighted by Gasteiger charge is -2.56. The highest BCUT2D eigenvalue weighted by Gasteiger charge is 2.52. The molecule has 0 atom stereocenters. The van der Waals surface area contributed by atoms with Gasteiger partial charge in [0.25, 0.3) is 0 Å². The number of piperidine rings is 1. The molecule has 0 saturated carbocycles. The molecule has 0 aromatic heterocycles. The second kappa shape index (κ2) is 3.72. The largest absolute Gasteiger partial charge is 0.380 e. The van der Waals surface area contributed by atoms with Gasteiger partial charge in [0.2, 0.25) is 0 Å². The monoisotopic (exact) mass is 210 g/mol. The Morgan fingerprint density at radius 1 is 1.13 bits per heavy atom. The summed E-state index contributed by atoms with van der Waals surface area (Å²) in [5.74, 6) is 1.83. The standard InChI is InChI=1S/C12H22N2O/c1-14-4-2-10(3-5-14)12(8-15-9-12)11-6-13-7-11/h10-11,13H,2-9H2,1H3. The first-order chi connectivity index (χ1) is 7.31. The fourth-order valence-corrected chi connectivity index (χ4v) is 3.42. The Bertz CT molecular complexity index is 228. The van der Waals surface area contributed by atoms with E-state index in [0.29, 0.717) is 5.41 Å². The van der Waals surface area contributed by atoms with E-state index in [1.165, 1.54) is 39.0 Å². The molecule has 86 valence electrons. The summed E-state index contributed by atoms with van der Waals surface area (Å²) < 4.78 is 5.53. The number of ether oxygens (including phenoxy) is 1. The third-order valence-corrected chi connectivity index (χ3v) is 4.87. The predicted octanol–water partition coefficient (Wildman–Crippen LogP) is 0.564. The molecule has 0 aliphatic carbocycles. The minimum absolute atomic E-state index is 0.562. The first-order valence-corrected chi connectivity index (χ1v) is 6.28. The van der Waals surface area contributed by atoms with Crippen LogP contribution >= 0.6 is 0 Å². The van der Waals surface area contributed by atoms with Crippen molar-refractivity contribution in [3.8, 4) is 0 Å². The summed E-state index contributed by atoms with van der Waals surface area (Å²) in [6, 6.07) is 0. The average Bonchev–Trinajstić information content (AvgIpc) is 2.10. The van der Waals surface area contributed by atoms with Crippen LogP contribution in [-0.2, 0) is 4.74 Å². The van der Waals surface area contributed by atoms with Crippen molar-refractivity contribution in [1.29, 1.82) is 0 Å². The van der Waals surface area contributed by atoms with Gasteiger partial charge in [0, 0.05) is 5.41 Å². The van der Waals surface area contributed by atoms with Crippen molar-refractivity contribution >= 4 is 0 Å². The van der Waals surface area contributed by atoms with Crippen LogP contribution in [0.15, 0.2) is 0 Å². The highest BCUT2D eigenvalue weighted by Crippen LogP contribution is 2.48. The lowest BCUT2D eigenvalue weighted by Crippen LogP contribution is -2.64. The number of likely N-dealkylation sites (tertiary alicyclic amines) is 1. The Balaban J connectivity index is 1.67. The molecule has 1 N–H and O–H groups in total. The van der Waals surface area contributed by atoms with Gasteiger partial charge in [0.1, 0.15) is 0 Å². The van der Waals surface area contributed by atoms with E-state index in [4.69, 9.17) is 4.74 Å². The molecular weight excluding hydrogens is 188 g/mol. The molecule has 3 aliphatic heterocycles. The molecule has 15 heavy (non-hydrogen) atoms. The van der Waals surface area contributed by atoms with Gasteiger partial charge in [-0.25, -0.2) is 0 Å². The van der Waals surface area contributed by atoms with Crippen LogP contribution in [0.4, 0.5) is 0 Å². The van der Waals surface area contributed by atoms with E-state index in [-0.39, 0.29) is 0 Å². The summed E-state index contributed by atoms with van der Waals surface area (Å²) in [5, 5.41) is 3.42. The van der Waals surface area contributed by atoms with Gasteiger partial charge in [0.15, 0.2) is 0 Å². The molecule has 3 saturated heterocycles. The first-order valence-electron chi connectivity index (χ1n) is 6.28. The molecule has 0 aromatic rings. The molecule has 0 aromatic carbocycles. The number of hydrogen-bond acceptors (Lipinski definition) is 3. The van der Waals surface area contributed by atoms with Crippen LogP contribution in [0.3, 0.4) is 0 Å². The summed E-state index contributed by atoms with van der Waals surface area (Å²) in [5.41, 5.74) is 0.562. The molecule has 0 spiro atoms. The van der Waals surface area contributed by atoms with Crippen LogP contribution in [0.25, 0.3) is 0 Å². The minimum atomic E-state index is 0.562. The summed E-state index contributed by atoms with van der Waals surface area (Å²) in [6.45, 7) is 7.10. The van der Waals surface area contributed by atoms with Crippen LogP contribution in [0.2, 0.25) is 0 Å². The molecule has 3 aliphatic rings. The Kier molecular flexibility index (Phi) is 2.49. The topological polar surface area (TPSA) is 24.5 Å². The van der Waals surface area contributed by atoms with E-state index < -0.39 is 0 Å². The Morgan fingerprint density at radius 2 is 1.80 bits per heavy atom. The maximum Gasteiger partial charge on any atom is 0.0551 e. The maximum atomic E-state index is 5.53. The van der Waals surface area contributed by atoms with Gasteiger partial charge in [-0.3, -0.25) is 0 Å². The summed E-state index contributed by atoms with van der Waals surface area (Å²) in [6.07, 6.45) is 2.77. The summed E-state index contributed by atoms with van der Waals surface area (Å²) in [4.78, 5) is 2.46. The normalized spacial score (nSPS) is 33.4. The smallest absolute Gasteiger partial charge is 0.0551 e. The molecular formula is C12H22N2O. The zero-order valence-corrected chi connectivity index (χ0v) is 9.67. The first kappa shape index (κ1) is 10.1. The van der Waals surface area contributed by atoms with E-state index in [9.17, 15) is 0 Å². The van der Waals surface area contributed by atoms with Crippen LogP contribution in [0.1, 0.15) is 12.8 Å². The fourth-order valence-electron chi connectivity index (χ4n) is 3.42. The van der Waals surface area contributed by atoms with Crippen molar-refractivity contribution in [3.05, 3.63) is 0 Å². The van der Waals surface area contributed by atoms with Gasteiger partial charge in [-0.1, -0.05) is 0 Å². The van der Waals surface area contributed by atoms with Gasteiger partial charge in [-0.05, 0) is 57.9 Å². The fraction of sp³-hybridized carbons (Fsp3) is 1.00. The predicted molar refractivity (Wildman–Crippen MR) is 59.8 cm³/mol. The third kappa shape index (κ3) is 1.52.